The third-order valence-corrected chi connectivity index (χ3v) is 9.06. The second kappa shape index (κ2) is 11.8. The van der Waals surface area contributed by atoms with E-state index in [4.69, 9.17) is 9.26 Å². The van der Waals surface area contributed by atoms with E-state index in [2.05, 4.69) is 18.2 Å². The Morgan fingerprint density at radius 2 is 1.24 bits per heavy atom. The lowest BCUT2D eigenvalue weighted by Gasteiger charge is -2.12. The van der Waals surface area contributed by atoms with Crippen molar-refractivity contribution in [1.29, 1.82) is 0 Å². The van der Waals surface area contributed by atoms with Gasteiger partial charge in [-0.1, -0.05) is 24.3 Å². The van der Waals surface area contributed by atoms with Crippen LogP contribution in [0.1, 0.15) is 18.1 Å². The minimum absolute atomic E-state index is 0.433. The van der Waals surface area contributed by atoms with E-state index in [0.717, 1.165) is 39.4 Å². The molecule has 0 radical (unpaired) electrons. The molecule has 2 aromatic carbocycles. The Bertz CT molecular complexity index is 1480. The summed E-state index contributed by atoms with van der Waals surface area (Å²) in [7, 11) is -3.04. The first-order valence-corrected chi connectivity index (χ1v) is 17.7. The second-order valence-electron chi connectivity index (χ2n) is 9.98. The van der Waals surface area contributed by atoms with Crippen LogP contribution in [0, 0.1) is 0 Å². The fourth-order valence-corrected chi connectivity index (χ4v) is 7.05. The van der Waals surface area contributed by atoms with Gasteiger partial charge in [0.25, 0.3) is 0 Å². The van der Waals surface area contributed by atoms with Crippen LogP contribution in [0.4, 0.5) is 0 Å². The normalized spacial score (nSPS) is 13.2. The minimum atomic E-state index is -2.61. The molecule has 1 atom stereocenters. The van der Waals surface area contributed by atoms with Crippen molar-refractivity contribution in [2.24, 2.45) is 0 Å². The van der Waals surface area contributed by atoms with Crippen LogP contribution in [0.3, 0.4) is 0 Å². The molecule has 0 aliphatic carbocycles. The van der Waals surface area contributed by atoms with Crippen LogP contribution in [0.25, 0.3) is 22.5 Å². The number of benzene rings is 2. The Labute approximate surface area is 225 Å². The number of methoxy groups -OCH3 is 1. The van der Waals surface area contributed by atoms with Gasteiger partial charge >= 0.3 is 0 Å². The van der Waals surface area contributed by atoms with Crippen molar-refractivity contribution in [1.82, 2.24) is 0 Å². The summed E-state index contributed by atoms with van der Waals surface area (Å²) in [6, 6.07) is 22.4. The van der Waals surface area contributed by atoms with Crippen LogP contribution in [0.5, 0.6) is 5.75 Å². The number of rotatable bonds is 10. The highest BCUT2D eigenvalue weighted by Gasteiger charge is 2.18. The Morgan fingerprint density at radius 3 is 1.76 bits per heavy atom. The van der Waals surface area contributed by atoms with Gasteiger partial charge in [-0.3, -0.25) is 4.57 Å². The predicted molar refractivity (Wildman–Crippen MR) is 154 cm³/mol. The van der Waals surface area contributed by atoms with Crippen LogP contribution in [-0.2, 0) is 26.0 Å². The molecule has 1 unspecified atom stereocenters. The molecule has 0 amide bonds. The zero-order valence-corrected chi connectivity index (χ0v) is 24.5. The average molecular weight is 551 g/mol. The van der Waals surface area contributed by atoms with Crippen molar-refractivity contribution in [2.75, 3.05) is 33.7 Å². The molecular formula is C30H36N2O4P2+2. The second-order valence-corrected chi connectivity index (χ2v) is 16.0. The molecule has 0 saturated heterocycles. The van der Waals surface area contributed by atoms with Gasteiger partial charge in [0.15, 0.2) is 24.3 Å². The maximum Gasteiger partial charge on any atom is 0.217 e. The molecule has 0 bridgehead atoms. The van der Waals surface area contributed by atoms with Crippen molar-refractivity contribution in [2.45, 2.75) is 19.2 Å². The molecule has 8 heteroatoms. The van der Waals surface area contributed by atoms with E-state index < -0.39 is 14.5 Å². The number of ether oxygens (including phenoxy) is 1. The van der Waals surface area contributed by atoms with Gasteiger partial charge in [-0.25, -0.2) is 0 Å². The van der Waals surface area contributed by atoms with Gasteiger partial charge in [0.2, 0.25) is 24.9 Å². The van der Waals surface area contributed by atoms with Crippen LogP contribution in [-0.4, -0.2) is 33.7 Å². The van der Waals surface area contributed by atoms with Crippen molar-refractivity contribution in [3.8, 4) is 28.3 Å². The molecule has 4 aromatic rings. The average Bonchev–Trinajstić information content (AvgIpc) is 2.88. The third kappa shape index (κ3) is 7.29. The topological polar surface area (TPSA) is 60.4 Å². The standard InChI is InChI=1S/C30H36N2O4P2/c1-6-36-38(5,34)23-25-9-11-27(12-10-25)31-18-15-26(16-19-31)29-17-20-32(21-30(29)35-2)28-13-7-24(8-14-28)22-37(3,4)33/h7-21H,6,22-23H2,1-5H3/q+2. The zero-order valence-electron chi connectivity index (χ0n) is 22.7. The number of aromatic nitrogens is 2. The number of hydrogen-bond acceptors (Lipinski definition) is 4. The summed E-state index contributed by atoms with van der Waals surface area (Å²) in [6.07, 6.45) is 9.08. The van der Waals surface area contributed by atoms with E-state index in [1.807, 2.05) is 103 Å². The van der Waals surface area contributed by atoms with E-state index in [1.54, 1.807) is 13.8 Å². The molecule has 0 fully saturated rings. The molecule has 0 spiro atoms. The molecular weight excluding hydrogens is 514 g/mol. The largest absolute Gasteiger partial charge is 0.490 e. The van der Waals surface area contributed by atoms with Crippen molar-refractivity contribution >= 4 is 14.5 Å². The Hall–Kier alpha value is -3.04. The highest BCUT2D eigenvalue weighted by molar-refractivity contribution is 7.61. The van der Waals surface area contributed by atoms with Crippen molar-refractivity contribution < 1.29 is 27.5 Å². The number of nitrogens with zero attached hydrogens (tertiary/aromatic N) is 2. The fourth-order valence-electron chi connectivity index (χ4n) is 4.45. The van der Waals surface area contributed by atoms with Gasteiger partial charge < -0.3 is 13.8 Å². The highest BCUT2D eigenvalue weighted by atomic mass is 31.2. The molecule has 0 saturated carbocycles. The van der Waals surface area contributed by atoms with Gasteiger partial charge in [-0.2, -0.15) is 9.13 Å². The minimum Gasteiger partial charge on any atom is -0.490 e. The lowest BCUT2D eigenvalue weighted by atomic mass is 10.1. The molecule has 4 rings (SSSR count). The summed E-state index contributed by atoms with van der Waals surface area (Å²) in [5, 5.41) is 0. The van der Waals surface area contributed by atoms with E-state index in [0.29, 0.717) is 18.9 Å². The first-order chi connectivity index (χ1) is 18.1. The van der Waals surface area contributed by atoms with E-state index in [-0.39, 0.29) is 0 Å². The lowest BCUT2D eigenvalue weighted by molar-refractivity contribution is -0.596. The van der Waals surface area contributed by atoms with Crippen LogP contribution in [0.15, 0.2) is 91.5 Å². The lowest BCUT2D eigenvalue weighted by Crippen LogP contribution is -2.30. The van der Waals surface area contributed by atoms with Gasteiger partial charge in [0, 0.05) is 67.0 Å². The summed E-state index contributed by atoms with van der Waals surface area (Å²) in [4.78, 5) is 0. The van der Waals surface area contributed by atoms with Crippen LogP contribution < -0.4 is 13.9 Å². The maximum absolute atomic E-state index is 12.5. The van der Waals surface area contributed by atoms with Crippen molar-refractivity contribution in [3.05, 3.63) is 103 Å². The molecule has 0 aliphatic heterocycles. The summed E-state index contributed by atoms with van der Waals surface area (Å²) >= 11 is 0. The molecule has 2 heterocycles. The fraction of sp³-hybridized carbons (Fsp3) is 0.267. The van der Waals surface area contributed by atoms with E-state index in [9.17, 15) is 9.13 Å². The highest BCUT2D eigenvalue weighted by Crippen LogP contribution is 2.46. The SMILES string of the molecule is CCOP(C)(=O)Cc1ccc(-[n+]2ccc(-c3cc[n+](-c4ccc(CP(C)(C)=O)cc4)cc3OC)cc2)cc1. The van der Waals surface area contributed by atoms with Gasteiger partial charge in [-0.15, -0.1) is 0 Å². The maximum atomic E-state index is 12.5. The van der Waals surface area contributed by atoms with E-state index in [1.165, 1.54) is 0 Å². The Kier molecular flexibility index (Phi) is 8.67. The van der Waals surface area contributed by atoms with E-state index >= 15 is 0 Å². The van der Waals surface area contributed by atoms with Gasteiger partial charge in [0.1, 0.15) is 0 Å². The quantitative estimate of drug-likeness (QED) is 0.168. The smallest absolute Gasteiger partial charge is 0.217 e. The number of pyridine rings is 2. The molecule has 0 aliphatic rings. The molecule has 0 N–H and O–H groups in total. The zero-order chi connectivity index (χ0) is 27.3. The number of hydrogen-bond donors (Lipinski definition) is 0. The van der Waals surface area contributed by atoms with Crippen molar-refractivity contribution in [3.63, 3.8) is 0 Å². The molecule has 2 aromatic heterocycles. The molecule has 6 nitrogen and oxygen atoms in total. The molecule has 198 valence electrons. The van der Waals surface area contributed by atoms with Gasteiger partial charge in [0.05, 0.1) is 20.9 Å². The molecule has 38 heavy (non-hydrogen) atoms. The third-order valence-electron chi connectivity index (χ3n) is 6.19. The van der Waals surface area contributed by atoms with Crippen LogP contribution in [0.2, 0.25) is 0 Å². The Morgan fingerprint density at radius 1 is 0.711 bits per heavy atom. The summed E-state index contributed by atoms with van der Waals surface area (Å²) in [5.41, 5.74) is 6.15. The summed E-state index contributed by atoms with van der Waals surface area (Å²) in [5.74, 6) is 0.767. The predicted octanol–water partition coefficient (Wildman–Crippen LogP) is 6.48. The van der Waals surface area contributed by atoms with Crippen LogP contribution >= 0.6 is 14.5 Å². The Balaban J connectivity index is 1.51. The monoisotopic (exact) mass is 550 g/mol. The first-order valence-electron chi connectivity index (χ1n) is 12.6. The van der Waals surface area contributed by atoms with Gasteiger partial charge in [-0.05, 0) is 36.9 Å². The summed E-state index contributed by atoms with van der Waals surface area (Å²) < 4.78 is 39.8. The summed E-state index contributed by atoms with van der Waals surface area (Å²) in [6.45, 7) is 7.63. The first kappa shape index (κ1) is 28.0.